The molecule has 0 aromatic heterocycles. The highest BCUT2D eigenvalue weighted by Gasteiger charge is 2.61. The van der Waals surface area contributed by atoms with Crippen LogP contribution in [0.4, 0.5) is 0 Å². The van der Waals surface area contributed by atoms with Gasteiger partial charge in [0, 0.05) is 11.0 Å². The first-order chi connectivity index (χ1) is 11.4. The zero-order valence-corrected chi connectivity index (χ0v) is 16.3. The number of carbonyl (C=O) groups excluding carboxylic acids is 1. The molecule has 138 valence electrons. The van der Waals surface area contributed by atoms with E-state index in [0.717, 1.165) is 17.6 Å². The van der Waals surface area contributed by atoms with Crippen molar-refractivity contribution in [2.24, 2.45) is 21.7 Å². The Hall–Kier alpha value is -1.58. The lowest BCUT2D eigenvalue weighted by atomic mass is 9.49. The molecule has 3 rings (SSSR count). The second-order valence-corrected chi connectivity index (χ2v) is 9.94. The van der Waals surface area contributed by atoms with Gasteiger partial charge in [-0.25, -0.2) is 4.79 Å². The normalized spacial score (nSPS) is 35.0. The monoisotopic (exact) mass is 346 g/mol. The van der Waals surface area contributed by atoms with Gasteiger partial charge in [-0.3, -0.25) is 4.79 Å². The Balaban J connectivity index is 2.32. The molecule has 1 N–H and O–H groups in total. The van der Waals surface area contributed by atoms with Crippen molar-refractivity contribution in [1.82, 2.24) is 0 Å². The van der Waals surface area contributed by atoms with Gasteiger partial charge in [0.25, 0.3) is 0 Å². The van der Waals surface area contributed by atoms with E-state index in [4.69, 9.17) is 4.74 Å². The smallest absolute Gasteiger partial charge is 0.334 e. The molecular formula is C21H30O4. The number of fused-ring (bicyclic) bond motifs is 4. The van der Waals surface area contributed by atoms with Gasteiger partial charge in [-0.05, 0) is 54.6 Å². The Morgan fingerprint density at radius 2 is 1.76 bits per heavy atom. The number of hydrogen-bond acceptors (Lipinski definition) is 3. The molecule has 2 unspecified atom stereocenters. The van der Waals surface area contributed by atoms with Crippen molar-refractivity contribution >= 4 is 11.9 Å². The summed E-state index contributed by atoms with van der Waals surface area (Å²) >= 11 is 0. The predicted molar refractivity (Wildman–Crippen MR) is 95.9 cm³/mol. The molecule has 3 aliphatic rings. The van der Waals surface area contributed by atoms with Gasteiger partial charge in [-0.2, -0.15) is 0 Å². The molecule has 4 nitrogen and oxygen atoms in total. The quantitative estimate of drug-likeness (QED) is 0.764. The van der Waals surface area contributed by atoms with E-state index >= 15 is 0 Å². The summed E-state index contributed by atoms with van der Waals surface area (Å²) in [7, 11) is 0. The Bertz CT molecular complexity index is 709. The van der Waals surface area contributed by atoms with Crippen LogP contribution in [0, 0.1) is 21.7 Å². The third kappa shape index (κ3) is 2.65. The first-order valence-electron chi connectivity index (χ1n) is 9.24. The van der Waals surface area contributed by atoms with Gasteiger partial charge in [0.1, 0.15) is 0 Å². The largest absolute Gasteiger partial charge is 0.481 e. The second-order valence-electron chi connectivity index (χ2n) is 9.94. The molecule has 1 saturated carbocycles. The van der Waals surface area contributed by atoms with Gasteiger partial charge in [0.05, 0.1) is 12.0 Å². The number of rotatable bonds is 3. The molecule has 0 aromatic rings. The molecule has 0 aromatic carbocycles. The maximum Gasteiger partial charge on any atom is 0.334 e. The molecule has 25 heavy (non-hydrogen) atoms. The molecule has 1 fully saturated rings. The summed E-state index contributed by atoms with van der Waals surface area (Å²) in [5.74, 6) is -1.15. The number of esters is 1. The highest BCUT2D eigenvalue weighted by Crippen LogP contribution is 2.67. The van der Waals surface area contributed by atoms with Crippen LogP contribution in [0.2, 0.25) is 0 Å². The lowest BCUT2D eigenvalue weighted by Crippen LogP contribution is -2.50. The van der Waals surface area contributed by atoms with Crippen molar-refractivity contribution in [2.45, 2.75) is 67.2 Å². The number of ether oxygens (including phenoxy) is 1. The predicted octanol–water partition coefficient (Wildman–Crippen LogP) is 4.50. The van der Waals surface area contributed by atoms with Crippen LogP contribution in [0.5, 0.6) is 0 Å². The Labute approximate surface area is 150 Å². The van der Waals surface area contributed by atoms with Crippen LogP contribution in [0.1, 0.15) is 67.2 Å². The molecule has 0 spiro atoms. The highest BCUT2D eigenvalue weighted by molar-refractivity contribution is 5.96. The molecule has 3 aliphatic carbocycles. The average molecular weight is 346 g/mol. The zero-order chi connectivity index (χ0) is 18.8. The topological polar surface area (TPSA) is 63.6 Å². The van der Waals surface area contributed by atoms with Gasteiger partial charge in [0.15, 0.2) is 0 Å². The average Bonchev–Trinajstić information content (AvgIpc) is 2.66. The summed E-state index contributed by atoms with van der Waals surface area (Å²) in [5, 5.41) is 10.3. The maximum absolute atomic E-state index is 12.8. The summed E-state index contributed by atoms with van der Waals surface area (Å²) in [6.07, 6.45) is 5.08. The van der Waals surface area contributed by atoms with E-state index in [1.165, 1.54) is 0 Å². The lowest BCUT2D eigenvalue weighted by Gasteiger charge is -2.54. The Morgan fingerprint density at radius 1 is 1.12 bits per heavy atom. The SMILES string of the molecule is CCOC(=O)C1=C2C(=CC3(C)CC(C)(C)CC2(C(=O)O)C3)CC1(C)C. The minimum Gasteiger partial charge on any atom is -0.481 e. The maximum atomic E-state index is 12.8. The van der Waals surface area contributed by atoms with Crippen molar-refractivity contribution in [3.63, 3.8) is 0 Å². The molecule has 0 radical (unpaired) electrons. The number of hydrogen-bond donors (Lipinski definition) is 1. The van der Waals surface area contributed by atoms with Crippen molar-refractivity contribution in [2.75, 3.05) is 6.61 Å². The van der Waals surface area contributed by atoms with Crippen LogP contribution in [-0.2, 0) is 14.3 Å². The van der Waals surface area contributed by atoms with Crippen LogP contribution >= 0.6 is 0 Å². The molecule has 0 heterocycles. The number of carboxylic acids is 1. The van der Waals surface area contributed by atoms with Gasteiger partial charge in [-0.1, -0.05) is 40.7 Å². The van der Waals surface area contributed by atoms with E-state index in [1.807, 2.05) is 13.8 Å². The van der Waals surface area contributed by atoms with E-state index < -0.39 is 16.8 Å². The van der Waals surface area contributed by atoms with E-state index in [0.29, 0.717) is 31.4 Å². The zero-order valence-electron chi connectivity index (χ0n) is 16.3. The van der Waals surface area contributed by atoms with Gasteiger partial charge < -0.3 is 9.84 Å². The first kappa shape index (κ1) is 18.2. The fourth-order valence-electron chi connectivity index (χ4n) is 6.15. The number of carboxylic acid groups (broad SMARTS) is 1. The minimum atomic E-state index is -0.990. The molecule has 2 bridgehead atoms. The molecule has 4 heteroatoms. The summed E-state index contributed by atoms with van der Waals surface area (Å²) in [4.78, 5) is 25.4. The second kappa shape index (κ2) is 5.21. The Morgan fingerprint density at radius 3 is 2.32 bits per heavy atom. The van der Waals surface area contributed by atoms with Gasteiger partial charge in [-0.15, -0.1) is 0 Å². The number of carbonyl (C=O) groups is 2. The molecule has 2 atom stereocenters. The third-order valence-electron chi connectivity index (χ3n) is 6.14. The van der Waals surface area contributed by atoms with Crippen LogP contribution in [-0.4, -0.2) is 23.7 Å². The van der Waals surface area contributed by atoms with Crippen molar-refractivity contribution in [1.29, 1.82) is 0 Å². The summed E-state index contributed by atoms with van der Waals surface area (Å²) in [5.41, 5.74) is 0.785. The summed E-state index contributed by atoms with van der Waals surface area (Å²) < 4.78 is 5.33. The Kier molecular flexibility index (Phi) is 3.80. The van der Waals surface area contributed by atoms with Crippen LogP contribution in [0.15, 0.2) is 22.8 Å². The summed E-state index contributed by atoms with van der Waals surface area (Å²) in [6, 6.07) is 0. The molecule has 0 saturated heterocycles. The van der Waals surface area contributed by atoms with Crippen LogP contribution in [0.25, 0.3) is 0 Å². The van der Waals surface area contributed by atoms with Crippen molar-refractivity contribution in [3.05, 3.63) is 22.8 Å². The summed E-state index contributed by atoms with van der Waals surface area (Å²) in [6.45, 7) is 12.6. The standard InChI is InChI=1S/C21H30O4/c1-7-25-16(22)15-14-13(8-19(15,4)5)9-20(6)10-18(2,3)11-21(14,12-20)17(23)24/h9H,7-8,10-12H2,1-6H3,(H,23,24). The van der Waals surface area contributed by atoms with Crippen molar-refractivity contribution in [3.8, 4) is 0 Å². The van der Waals surface area contributed by atoms with Gasteiger partial charge >= 0.3 is 11.9 Å². The van der Waals surface area contributed by atoms with Gasteiger partial charge in [0.2, 0.25) is 0 Å². The van der Waals surface area contributed by atoms with E-state index in [-0.39, 0.29) is 16.8 Å². The molecule has 0 amide bonds. The molecular weight excluding hydrogens is 316 g/mol. The first-order valence-corrected chi connectivity index (χ1v) is 9.24. The van der Waals surface area contributed by atoms with Crippen LogP contribution < -0.4 is 0 Å². The fourth-order valence-corrected chi connectivity index (χ4v) is 6.15. The highest BCUT2D eigenvalue weighted by atomic mass is 16.5. The van der Waals surface area contributed by atoms with E-state index in [9.17, 15) is 14.7 Å². The van der Waals surface area contributed by atoms with Crippen LogP contribution in [0.3, 0.4) is 0 Å². The number of allylic oxidation sites excluding steroid dienone is 2. The molecule has 0 aliphatic heterocycles. The lowest BCUT2D eigenvalue weighted by molar-refractivity contribution is -0.154. The van der Waals surface area contributed by atoms with Crippen molar-refractivity contribution < 1.29 is 19.4 Å². The van der Waals surface area contributed by atoms with E-state index in [2.05, 4.69) is 26.8 Å². The number of aliphatic carboxylic acids is 1. The fraction of sp³-hybridized carbons (Fsp3) is 0.714. The van der Waals surface area contributed by atoms with E-state index in [1.54, 1.807) is 6.92 Å². The minimum absolute atomic E-state index is 0.0904. The third-order valence-corrected chi connectivity index (χ3v) is 6.14.